The van der Waals surface area contributed by atoms with E-state index in [9.17, 15) is 8.42 Å². The summed E-state index contributed by atoms with van der Waals surface area (Å²) in [7, 11) is -0.557. The number of hydrogen-bond donors (Lipinski definition) is 0. The zero-order valence-corrected chi connectivity index (χ0v) is 15.4. The minimum atomic E-state index is -3.57. The Morgan fingerprint density at radius 2 is 1.88 bits per heavy atom. The van der Waals surface area contributed by atoms with Crippen LogP contribution >= 0.6 is 11.3 Å². The Hall–Kier alpha value is -1.57. The predicted octanol–water partition coefficient (Wildman–Crippen LogP) is 3.33. The molecule has 24 heavy (non-hydrogen) atoms. The summed E-state index contributed by atoms with van der Waals surface area (Å²) in [6.07, 6.45) is 1.69. The van der Waals surface area contributed by atoms with Crippen molar-refractivity contribution in [2.24, 2.45) is 0 Å². The minimum Gasteiger partial charge on any atom is -0.497 e. The molecule has 1 saturated heterocycles. The molecule has 0 bridgehead atoms. The highest BCUT2D eigenvalue weighted by Crippen LogP contribution is 2.35. The van der Waals surface area contributed by atoms with Crippen LogP contribution in [0.15, 0.2) is 40.6 Å². The van der Waals surface area contributed by atoms with Crippen LogP contribution in [0, 0.1) is 0 Å². The molecule has 0 spiro atoms. The Morgan fingerprint density at radius 3 is 2.46 bits per heavy atom. The van der Waals surface area contributed by atoms with Crippen molar-refractivity contribution in [1.82, 2.24) is 4.31 Å². The fourth-order valence-electron chi connectivity index (χ4n) is 3.03. The first-order valence-corrected chi connectivity index (χ1v) is 10.1. The number of benzene rings is 1. The van der Waals surface area contributed by atoms with Gasteiger partial charge in [-0.25, -0.2) is 8.42 Å². The molecular formula is C17H21NO4S2. The molecule has 1 aliphatic rings. The maximum Gasteiger partial charge on any atom is 0.246 e. The Labute approximate surface area is 146 Å². The van der Waals surface area contributed by atoms with Gasteiger partial charge in [0.05, 0.1) is 14.2 Å². The maximum atomic E-state index is 13.0. The molecule has 1 aliphatic heterocycles. The van der Waals surface area contributed by atoms with Gasteiger partial charge in [0.2, 0.25) is 10.0 Å². The van der Waals surface area contributed by atoms with Crippen molar-refractivity contribution >= 4 is 21.4 Å². The molecule has 0 unspecified atom stereocenters. The van der Waals surface area contributed by atoms with Crippen molar-refractivity contribution in [3.63, 3.8) is 0 Å². The Morgan fingerprint density at radius 1 is 1.12 bits per heavy atom. The molecule has 5 nitrogen and oxygen atoms in total. The van der Waals surface area contributed by atoms with Crippen LogP contribution in [0.25, 0.3) is 0 Å². The van der Waals surface area contributed by atoms with Gasteiger partial charge in [-0.3, -0.25) is 0 Å². The predicted molar refractivity (Wildman–Crippen MR) is 94.6 cm³/mol. The van der Waals surface area contributed by atoms with E-state index in [4.69, 9.17) is 9.47 Å². The van der Waals surface area contributed by atoms with Gasteiger partial charge in [-0.05, 0) is 42.3 Å². The van der Waals surface area contributed by atoms with Gasteiger partial charge in [0.1, 0.15) is 16.4 Å². The highest BCUT2D eigenvalue weighted by atomic mass is 32.2. The van der Waals surface area contributed by atoms with E-state index < -0.39 is 10.0 Å². The molecule has 1 fully saturated rings. The van der Waals surface area contributed by atoms with Crippen molar-refractivity contribution in [3.8, 4) is 11.5 Å². The highest BCUT2D eigenvalue weighted by molar-refractivity contribution is 7.89. The van der Waals surface area contributed by atoms with Crippen LogP contribution in [0.1, 0.15) is 23.6 Å². The molecule has 0 N–H and O–H groups in total. The first-order chi connectivity index (χ1) is 11.6. The zero-order valence-electron chi connectivity index (χ0n) is 13.8. The van der Waals surface area contributed by atoms with Crippen LogP contribution in [0.4, 0.5) is 0 Å². The van der Waals surface area contributed by atoms with Crippen LogP contribution in [0.3, 0.4) is 0 Å². The first kappa shape index (κ1) is 17.3. The molecule has 7 heteroatoms. The van der Waals surface area contributed by atoms with E-state index in [2.05, 4.69) is 11.4 Å². The number of piperidine rings is 1. The van der Waals surface area contributed by atoms with Gasteiger partial charge in [0.25, 0.3) is 0 Å². The second-order valence-electron chi connectivity index (χ2n) is 5.71. The van der Waals surface area contributed by atoms with Gasteiger partial charge in [0.15, 0.2) is 0 Å². The van der Waals surface area contributed by atoms with Gasteiger partial charge >= 0.3 is 0 Å². The van der Waals surface area contributed by atoms with Crippen molar-refractivity contribution in [2.45, 2.75) is 23.7 Å². The molecule has 2 heterocycles. The van der Waals surface area contributed by atoms with E-state index in [0.717, 1.165) is 12.8 Å². The van der Waals surface area contributed by atoms with E-state index in [-0.39, 0.29) is 4.90 Å². The van der Waals surface area contributed by atoms with Crippen LogP contribution < -0.4 is 9.47 Å². The normalized spacial score (nSPS) is 16.9. The molecule has 3 rings (SSSR count). The number of ether oxygens (including phenoxy) is 2. The number of rotatable bonds is 5. The van der Waals surface area contributed by atoms with Crippen molar-refractivity contribution in [2.75, 3.05) is 27.3 Å². The summed E-state index contributed by atoms with van der Waals surface area (Å²) >= 11 is 1.74. The highest BCUT2D eigenvalue weighted by Gasteiger charge is 2.32. The molecular weight excluding hydrogens is 346 g/mol. The van der Waals surface area contributed by atoms with E-state index in [1.807, 2.05) is 6.07 Å². The van der Waals surface area contributed by atoms with E-state index in [1.165, 1.54) is 19.1 Å². The number of methoxy groups -OCH3 is 2. The third kappa shape index (κ3) is 3.29. The SMILES string of the molecule is COc1ccc(S(=O)(=O)N2CCC(c3cccs3)CC2)c(OC)c1. The van der Waals surface area contributed by atoms with Gasteiger partial charge in [-0.2, -0.15) is 4.31 Å². The zero-order chi connectivity index (χ0) is 17.2. The van der Waals surface area contributed by atoms with Gasteiger partial charge in [-0.1, -0.05) is 6.07 Å². The number of thiophene rings is 1. The summed E-state index contributed by atoms with van der Waals surface area (Å²) in [6.45, 7) is 1.06. The number of hydrogen-bond acceptors (Lipinski definition) is 5. The van der Waals surface area contributed by atoms with Crippen molar-refractivity contribution in [3.05, 3.63) is 40.6 Å². The lowest BCUT2D eigenvalue weighted by Gasteiger charge is -2.31. The van der Waals surface area contributed by atoms with Crippen molar-refractivity contribution in [1.29, 1.82) is 0 Å². The Balaban J connectivity index is 1.79. The summed E-state index contributed by atoms with van der Waals surface area (Å²) in [5.74, 6) is 1.34. The molecule has 0 radical (unpaired) electrons. The average molecular weight is 367 g/mol. The van der Waals surface area contributed by atoms with E-state index >= 15 is 0 Å². The molecule has 0 amide bonds. The molecule has 2 aromatic rings. The topological polar surface area (TPSA) is 55.8 Å². The number of sulfonamides is 1. The van der Waals surface area contributed by atoms with Crippen LogP contribution in [-0.2, 0) is 10.0 Å². The second-order valence-corrected chi connectivity index (χ2v) is 8.60. The van der Waals surface area contributed by atoms with E-state index in [1.54, 1.807) is 33.8 Å². The Kier molecular flexibility index (Phi) is 5.12. The lowest BCUT2D eigenvalue weighted by atomic mass is 9.97. The standard InChI is InChI=1S/C17H21NO4S2/c1-21-14-5-6-17(15(12-14)22-2)24(19,20)18-9-7-13(8-10-18)16-4-3-11-23-16/h3-6,11-13H,7-10H2,1-2H3. The summed E-state index contributed by atoms with van der Waals surface area (Å²) in [6, 6.07) is 8.98. The van der Waals surface area contributed by atoms with Crippen LogP contribution in [0.5, 0.6) is 11.5 Å². The maximum absolute atomic E-state index is 13.0. The fraction of sp³-hybridized carbons (Fsp3) is 0.412. The van der Waals surface area contributed by atoms with E-state index in [0.29, 0.717) is 30.5 Å². The molecule has 1 aromatic heterocycles. The quantitative estimate of drug-likeness (QED) is 0.813. The largest absolute Gasteiger partial charge is 0.497 e. The fourth-order valence-corrected chi connectivity index (χ4v) is 5.54. The molecule has 0 atom stereocenters. The van der Waals surface area contributed by atoms with Crippen LogP contribution in [-0.4, -0.2) is 40.0 Å². The smallest absolute Gasteiger partial charge is 0.246 e. The molecule has 0 aliphatic carbocycles. The average Bonchev–Trinajstić information content (AvgIpc) is 3.15. The van der Waals surface area contributed by atoms with Gasteiger partial charge in [0, 0.05) is 24.0 Å². The summed E-state index contributed by atoms with van der Waals surface area (Å²) in [5, 5.41) is 2.07. The third-order valence-corrected chi connectivity index (χ3v) is 7.36. The first-order valence-electron chi connectivity index (χ1n) is 7.82. The molecule has 1 aromatic carbocycles. The summed E-state index contributed by atoms with van der Waals surface area (Å²) < 4.78 is 37.9. The van der Waals surface area contributed by atoms with Crippen LogP contribution in [0.2, 0.25) is 0 Å². The lowest BCUT2D eigenvalue weighted by Crippen LogP contribution is -2.37. The number of nitrogens with zero attached hydrogens (tertiary/aromatic N) is 1. The monoisotopic (exact) mass is 367 g/mol. The minimum absolute atomic E-state index is 0.195. The third-order valence-electron chi connectivity index (χ3n) is 4.39. The second kappa shape index (κ2) is 7.13. The molecule has 0 saturated carbocycles. The van der Waals surface area contributed by atoms with Crippen molar-refractivity contribution < 1.29 is 17.9 Å². The van der Waals surface area contributed by atoms with Gasteiger partial charge < -0.3 is 9.47 Å². The Bertz CT molecular complexity index is 779. The summed E-state index contributed by atoms with van der Waals surface area (Å²) in [5.41, 5.74) is 0. The molecule has 130 valence electrons. The lowest BCUT2D eigenvalue weighted by molar-refractivity contribution is 0.319. The summed E-state index contributed by atoms with van der Waals surface area (Å²) in [4.78, 5) is 1.54. The van der Waals surface area contributed by atoms with Gasteiger partial charge in [-0.15, -0.1) is 11.3 Å².